The Labute approximate surface area is 178 Å². The van der Waals surface area contributed by atoms with Gasteiger partial charge < -0.3 is 29.0 Å². The van der Waals surface area contributed by atoms with E-state index in [1.807, 2.05) is 6.92 Å². The zero-order valence-electron chi connectivity index (χ0n) is 17.1. The van der Waals surface area contributed by atoms with Crippen molar-refractivity contribution in [3.63, 3.8) is 0 Å². The number of halogens is 2. The van der Waals surface area contributed by atoms with Crippen LogP contribution in [-0.2, 0) is 9.53 Å². The van der Waals surface area contributed by atoms with Crippen molar-refractivity contribution in [2.75, 3.05) is 33.5 Å². The Kier molecular flexibility index (Phi) is 9.34. The number of benzene rings is 2. The Hall–Kier alpha value is -3.56. The van der Waals surface area contributed by atoms with Crippen LogP contribution in [0.4, 0.5) is 8.78 Å². The summed E-state index contributed by atoms with van der Waals surface area (Å²) in [4.78, 5) is 23.9. The summed E-state index contributed by atoms with van der Waals surface area (Å²) in [5, 5.41) is 2.55. The third-order valence-electron chi connectivity index (χ3n) is 3.78. The molecule has 0 aliphatic carbocycles. The lowest BCUT2D eigenvalue weighted by atomic mass is 10.2. The molecule has 2 rings (SSSR count). The predicted octanol–water partition coefficient (Wildman–Crippen LogP) is 3.05. The number of rotatable bonds is 12. The van der Waals surface area contributed by atoms with E-state index < -0.39 is 25.1 Å². The van der Waals surface area contributed by atoms with Crippen LogP contribution in [0.1, 0.15) is 17.3 Å². The summed E-state index contributed by atoms with van der Waals surface area (Å²) >= 11 is 0. The first kappa shape index (κ1) is 23.7. The van der Waals surface area contributed by atoms with Crippen LogP contribution in [0.3, 0.4) is 0 Å². The number of methoxy groups -OCH3 is 1. The molecule has 0 bridgehead atoms. The fraction of sp³-hybridized carbons (Fsp3) is 0.333. The van der Waals surface area contributed by atoms with Crippen LogP contribution in [0.5, 0.6) is 23.0 Å². The van der Waals surface area contributed by atoms with Crippen LogP contribution in [0, 0.1) is 0 Å². The highest BCUT2D eigenvalue weighted by atomic mass is 19.3. The van der Waals surface area contributed by atoms with Crippen molar-refractivity contribution < 1.29 is 42.1 Å². The molecule has 2 aromatic carbocycles. The lowest BCUT2D eigenvalue weighted by Gasteiger charge is -2.11. The lowest BCUT2D eigenvalue weighted by molar-refractivity contribution is -0.124. The third-order valence-corrected chi connectivity index (χ3v) is 3.78. The number of esters is 1. The molecule has 0 aliphatic heterocycles. The Morgan fingerprint density at radius 3 is 2.29 bits per heavy atom. The molecular weight excluding hydrogens is 416 g/mol. The standard InChI is InChI=1S/C21H23F2NO7/c1-3-28-15-5-7-16(8-6-15)29-11-10-24-19(25)13-30-20(26)14-4-9-17(31-21(22)23)18(12-14)27-2/h4-9,12,21H,3,10-11,13H2,1-2H3,(H,24,25). The van der Waals surface area contributed by atoms with Crippen molar-refractivity contribution >= 4 is 11.9 Å². The van der Waals surface area contributed by atoms with E-state index in [-0.39, 0.29) is 30.2 Å². The van der Waals surface area contributed by atoms with E-state index in [0.717, 1.165) is 11.8 Å². The van der Waals surface area contributed by atoms with Gasteiger partial charge in [0.1, 0.15) is 18.1 Å². The van der Waals surface area contributed by atoms with Gasteiger partial charge in [-0.25, -0.2) is 4.79 Å². The Bertz CT molecular complexity index is 859. The van der Waals surface area contributed by atoms with E-state index in [1.165, 1.54) is 19.2 Å². The minimum Gasteiger partial charge on any atom is -0.494 e. The molecule has 0 saturated heterocycles. The number of carbonyl (C=O) groups excluding carboxylic acids is 2. The number of hydrogen-bond acceptors (Lipinski definition) is 7. The number of alkyl halides is 2. The van der Waals surface area contributed by atoms with Crippen LogP contribution in [0.2, 0.25) is 0 Å². The molecule has 0 heterocycles. The topological polar surface area (TPSA) is 92.3 Å². The fourth-order valence-electron chi connectivity index (χ4n) is 2.41. The largest absolute Gasteiger partial charge is 0.494 e. The van der Waals surface area contributed by atoms with Crippen molar-refractivity contribution in [1.82, 2.24) is 5.32 Å². The number of nitrogens with one attached hydrogen (secondary N) is 1. The zero-order chi connectivity index (χ0) is 22.6. The lowest BCUT2D eigenvalue weighted by Crippen LogP contribution is -2.32. The van der Waals surface area contributed by atoms with Crippen LogP contribution < -0.4 is 24.3 Å². The minimum atomic E-state index is -3.03. The highest BCUT2D eigenvalue weighted by molar-refractivity contribution is 5.92. The summed E-state index contributed by atoms with van der Waals surface area (Å²) < 4.78 is 49.6. The molecular formula is C21H23F2NO7. The molecule has 0 atom stereocenters. The monoisotopic (exact) mass is 439 g/mol. The molecule has 0 aliphatic rings. The quantitative estimate of drug-likeness (QED) is 0.401. The SMILES string of the molecule is CCOc1ccc(OCCNC(=O)COC(=O)c2ccc(OC(F)F)c(OC)c2)cc1. The maximum absolute atomic E-state index is 12.3. The molecule has 0 radical (unpaired) electrons. The van der Waals surface area contributed by atoms with Gasteiger partial charge in [-0.3, -0.25) is 4.79 Å². The Morgan fingerprint density at radius 1 is 1.00 bits per heavy atom. The minimum absolute atomic E-state index is 0.0186. The highest BCUT2D eigenvalue weighted by Crippen LogP contribution is 2.29. The summed E-state index contributed by atoms with van der Waals surface area (Å²) in [7, 11) is 1.24. The van der Waals surface area contributed by atoms with Crippen molar-refractivity contribution in [1.29, 1.82) is 0 Å². The van der Waals surface area contributed by atoms with E-state index in [1.54, 1.807) is 24.3 Å². The van der Waals surface area contributed by atoms with Gasteiger partial charge in [0.25, 0.3) is 5.91 Å². The molecule has 0 aromatic heterocycles. The zero-order valence-corrected chi connectivity index (χ0v) is 17.1. The summed E-state index contributed by atoms with van der Waals surface area (Å²) in [6.45, 7) is -0.660. The van der Waals surface area contributed by atoms with Crippen molar-refractivity contribution in [2.24, 2.45) is 0 Å². The number of amides is 1. The van der Waals surface area contributed by atoms with Crippen molar-refractivity contribution in [2.45, 2.75) is 13.5 Å². The first-order valence-electron chi connectivity index (χ1n) is 9.35. The van der Waals surface area contributed by atoms with E-state index in [4.69, 9.17) is 18.9 Å². The second-order valence-corrected chi connectivity index (χ2v) is 5.92. The molecule has 0 unspecified atom stereocenters. The highest BCUT2D eigenvalue weighted by Gasteiger charge is 2.16. The average Bonchev–Trinajstić information content (AvgIpc) is 2.76. The summed E-state index contributed by atoms with van der Waals surface area (Å²) in [5.41, 5.74) is 0.0186. The van der Waals surface area contributed by atoms with Gasteiger partial charge in [0.05, 0.1) is 25.8 Å². The molecule has 0 spiro atoms. The molecule has 1 amide bonds. The summed E-state index contributed by atoms with van der Waals surface area (Å²) in [6.07, 6.45) is 0. The van der Waals surface area contributed by atoms with Gasteiger partial charge in [0, 0.05) is 0 Å². The molecule has 1 N–H and O–H groups in total. The van der Waals surface area contributed by atoms with Crippen LogP contribution in [0.25, 0.3) is 0 Å². The van der Waals surface area contributed by atoms with Gasteiger partial charge in [-0.05, 0) is 49.4 Å². The van der Waals surface area contributed by atoms with E-state index >= 15 is 0 Å². The van der Waals surface area contributed by atoms with E-state index in [9.17, 15) is 18.4 Å². The van der Waals surface area contributed by atoms with E-state index in [2.05, 4.69) is 10.1 Å². The van der Waals surface area contributed by atoms with Crippen LogP contribution in [-0.4, -0.2) is 52.0 Å². The van der Waals surface area contributed by atoms with Gasteiger partial charge >= 0.3 is 12.6 Å². The maximum Gasteiger partial charge on any atom is 0.387 e. The normalized spacial score (nSPS) is 10.4. The molecule has 10 heteroatoms. The smallest absolute Gasteiger partial charge is 0.387 e. The van der Waals surface area contributed by atoms with Gasteiger partial charge in [0.15, 0.2) is 18.1 Å². The maximum atomic E-state index is 12.3. The average molecular weight is 439 g/mol. The van der Waals surface area contributed by atoms with Gasteiger partial charge in [0.2, 0.25) is 0 Å². The second-order valence-electron chi connectivity index (χ2n) is 5.92. The van der Waals surface area contributed by atoms with Crippen LogP contribution >= 0.6 is 0 Å². The van der Waals surface area contributed by atoms with Gasteiger partial charge in [-0.2, -0.15) is 8.78 Å². The molecule has 2 aromatic rings. The molecule has 31 heavy (non-hydrogen) atoms. The number of carbonyl (C=O) groups is 2. The van der Waals surface area contributed by atoms with E-state index in [0.29, 0.717) is 12.4 Å². The number of hydrogen-bond donors (Lipinski definition) is 1. The second kappa shape index (κ2) is 12.2. The predicted molar refractivity (Wildman–Crippen MR) is 106 cm³/mol. The molecule has 8 nitrogen and oxygen atoms in total. The molecule has 0 saturated carbocycles. The summed E-state index contributed by atoms with van der Waals surface area (Å²) in [6, 6.07) is 10.6. The third kappa shape index (κ3) is 8.00. The van der Waals surface area contributed by atoms with Gasteiger partial charge in [-0.1, -0.05) is 0 Å². The van der Waals surface area contributed by atoms with Crippen molar-refractivity contribution in [3.8, 4) is 23.0 Å². The fourth-order valence-corrected chi connectivity index (χ4v) is 2.41. The summed E-state index contributed by atoms with van der Waals surface area (Å²) in [5.74, 6) is -0.267. The van der Waals surface area contributed by atoms with Gasteiger partial charge in [-0.15, -0.1) is 0 Å². The number of ether oxygens (including phenoxy) is 5. The molecule has 0 fully saturated rings. The first-order chi connectivity index (χ1) is 14.9. The Balaban J connectivity index is 1.72. The van der Waals surface area contributed by atoms with Crippen molar-refractivity contribution in [3.05, 3.63) is 48.0 Å². The Morgan fingerprint density at radius 2 is 1.68 bits per heavy atom. The van der Waals surface area contributed by atoms with Crippen LogP contribution in [0.15, 0.2) is 42.5 Å². The first-order valence-corrected chi connectivity index (χ1v) is 9.35. The molecule has 168 valence electrons.